The van der Waals surface area contributed by atoms with E-state index in [4.69, 9.17) is 10.8 Å². The number of carboxylic acids is 1. The van der Waals surface area contributed by atoms with E-state index in [2.05, 4.69) is 5.10 Å². The fourth-order valence-corrected chi connectivity index (χ4v) is 6.42. The monoisotopic (exact) mass is 429 g/mol. The number of nitrogens with two attached hydrogens (primary N) is 1. The molecule has 5 aliphatic rings. The minimum Gasteiger partial charge on any atom is -0.478 e. The van der Waals surface area contributed by atoms with Gasteiger partial charge in [0.15, 0.2) is 5.69 Å². The Hall–Kier alpha value is -1.61. The van der Waals surface area contributed by atoms with Gasteiger partial charge in [-0.15, -0.1) is 0 Å². The molecule has 30 heavy (non-hydrogen) atoms. The summed E-state index contributed by atoms with van der Waals surface area (Å²) in [6.07, 6.45) is 5.66. The average molecular weight is 429 g/mol. The normalized spacial score (nSPS) is 35.8. The number of halogens is 3. The predicted molar refractivity (Wildman–Crippen MR) is 103 cm³/mol. The number of carboxylic acid groups (broad SMARTS) is 1. The van der Waals surface area contributed by atoms with E-state index in [1.54, 1.807) is 0 Å². The van der Waals surface area contributed by atoms with Crippen LogP contribution in [-0.2, 0) is 6.18 Å². The highest BCUT2D eigenvalue weighted by atomic mass is 19.4. The lowest BCUT2D eigenvalue weighted by atomic mass is 9.52. The first-order chi connectivity index (χ1) is 14.1. The zero-order valence-corrected chi connectivity index (χ0v) is 16.9. The van der Waals surface area contributed by atoms with Crippen LogP contribution < -0.4 is 5.73 Å². The number of aliphatic hydroxyl groups is 1. The second-order valence-electron chi connectivity index (χ2n) is 9.72. The molecule has 1 aromatic heterocycles. The first-order valence-electron chi connectivity index (χ1n) is 10.9. The summed E-state index contributed by atoms with van der Waals surface area (Å²) in [7, 11) is 0. The van der Waals surface area contributed by atoms with Gasteiger partial charge in [0.25, 0.3) is 0 Å². The molecule has 5 saturated carbocycles. The summed E-state index contributed by atoms with van der Waals surface area (Å²) in [6.45, 7) is 0. The second-order valence-corrected chi connectivity index (χ2v) is 9.72. The Kier molecular flexibility index (Phi) is 5.63. The van der Waals surface area contributed by atoms with Gasteiger partial charge >= 0.3 is 12.1 Å². The van der Waals surface area contributed by atoms with Crippen LogP contribution in [0.15, 0.2) is 6.20 Å². The van der Waals surface area contributed by atoms with E-state index in [0.717, 1.165) is 55.3 Å². The van der Waals surface area contributed by atoms with Crippen LogP contribution in [0.4, 0.5) is 13.2 Å². The number of aromatic carboxylic acids is 1. The van der Waals surface area contributed by atoms with Gasteiger partial charge in [-0.1, -0.05) is 19.3 Å². The first-order valence-corrected chi connectivity index (χ1v) is 10.9. The maximum atomic E-state index is 12.9. The van der Waals surface area contributed by atoms with Crippen LogP contribution in [0.3, 0.4) is 0 Å². The Bertz CT molecular complexity index is 772. The quantitative estimate of drug-likeness (QED) is 0.660. The highest BCUT2D eigenvalue weighted by molar-refractivity contribution is 5.88. The minimum atomic E-state index is -4.69. The van der Waals surface area contributed by atoms with Crippen molar-refractivity contribution in [2.75, 3.05) is 0 Å². The van der Waals surface area contributed by atoms with E-state index in [1.807, 2.05) is 0 Å². The number of nitrogens with zero attached hydrogens (tertiary/aromatic N) is 2. The maximum absolute atomic E-state index is 12.9. The molecule has 2 atom stereocenters. The van der Waals surface area contributed by atoms with Crippen molar-refractivity contribution in [2.45, 2.75) is 88.1 Å². The van der Waals surface area contributed by atoms with Crippen molar-refractivity contribution in [3.05, 3.63) is 17.5 Å². The largest absolute Gasteiger partial charge is 0.478 e. The molecule has 1 aromatic rings. The average Bonchev–Trinajstić information content (AvgIpc) is 3.12. The third-order valence-electron chi connectivity index (χ3n) is 7.53. The molecule has 5 aliphatic carbocycles. The summed E-state index contributed by atoms with van der Waals surface area (Å²) >= 11 is 0. The third-order valence-corrected chi connectivity index (χ3v) is 7.53. The van der Waals surface area contributed by atoms with Crippen LogP contribution in [0.2, 0.25) is 0 Å². The summed E-state index contributed by atoms with van der Waals surface area (Å²) in [5.41, 5.74) is 3.91. The van der Waals surface area contributed by atoms with E-state index in [0.29, 0.717) is 30.7 Å². The van der Waals surface area contributed by atoms with Crippen molar-refractivity contribution in [3.8, 4) is 0 Å². The molecular formula is C21H30F3N3O3. The molecule has 2 unspecified atom stereocenters. The smallest absolute Gasteiger partial charge is 0.433 e. The Morgan fingerprint density at radius 1 is 1.13 bits per heavy atom. The molecule has 168 valence electrons. The lowest BCUT2D eigenvalue weighted by Gasteiger charge is -2.57. The van der Waals surface area contributed by atoms with Gasteiger partial charge in [-0.25, -0.2) is 4.79 Å². The number of hydrogen-bond acceptors (Lipinski definition) is 4. The van der Waals surface area contributed by atoms with Gasteiger partial charge in [0.2, 0.25) is 0 Å². The molecule has 5 fully saturated rings. The molecule has 0 radical (unpaired) electrons. The summed E-state index contributed by atoms with van der Waals surface area (Å²) < 4.78 is 39.6. The summed E-state index contributed by atoms with van der Waals surface area (Å²) in [6, 6.07) is 0.0605. The van der Waals surface area contributed by atoms with Crippen molar-refractivity contribution >= 4 is 5.97 Å². The minimum absolute atomic E-state index is 0.299. The van der Waals surface area contributed by atoms with Crippen LogP contribution in [0.5, 0.6) is 0 Å². The van der Waals surface area contributed by atoms with E-state index < -0.39 is 23.4 Å². The van der Waals surface area contributed by atoms with Crippen LogP contribution in [0.1, 0.15) is 86.3 Å². The lowest BCUT2D eigenvalue weighted by molar-refractivity contribution is -0.145. The molecule has 0 saturated heterocycles. The number of rotatable bonds is 2. The highest BCUT2D eigenvalue weighted by Gasteiger charge is 2.53. The SMILES string of the molecule is NC1C2CC3CC1CC(O)(C3)C2.O=C(O)c1cnn(C2CCCCC2)c1C(F)(F)F. The first kappa shape index (κ1) is 21.6. The van der Waals surface area contributed by atoms with Crippen LogP contribution in [0.25, 0.3) is 0 Å². The number of aromatic nitrogens is 2. The molecule has 4 N–H and O–H groups in total. The molecule has 0 spiro atoms. The van der Waals surface area contributed by atoms with Gasteiger partial charge in [0.05, 0.1) is 17.8 Å². The Balaban J connectivity index is 0.000000156. The molecule has 6 rings (SSSR count). The van der Waals surface area contributed by atoms with Gasteiger partial charge in [-0.05, 0) is 62.7 Å². The maximum Gasteiger partial charge on any atom is 0.433 e. The molecule has 6 nitrogen and oxygen atoms in total. The summed E-state index contributed by atoms with van der Waals surface area (Å²) in [4.78, 5) is 10.8. The Morgan fingerprint density at radius 3 is 2.23 bits per heavy atom. The Morgan fingerprint density at radius 2 is 1.73 bits per heavy atom. The standard InChI is InChI=1S/C11H13F3N2O2.C10H17NO/c12-11(13,14)9-8(10(17)18)6-15-16(9)7-4-2-1-3-5-7;11-9-7-1-6-2-8(9)5-10(12,3-6)4-7/h6-7H,1-5H2,(H,17,18);6-9,12H,1-5,11H2. The summed E-state index contributed by atoms with van der Waals surface area (Å²) in [5.74, 6) is 0.485. The Labute approximate surface area is 173 Å². The van der Waals surface area contributed by atoms with Gasteiger partial charge < -0.3 is 15.9 Å². The second kappa shape index (κ2) is 7.82. The molecule has 0 amide bonds. The van der Waals surface area contributed by atoms with Crippen LogP contribution in [-0.4, -0.2) is 37.6 Å². The van der Waals surface area contributed by atoms with Gasteiger partial charge in [-0.2, -0.15) is 18.3 Å². The molecular weight excluding hydrogens is 399 g/mol. The van der Waals surface area contributed by atoms with Crippen LogP contribution >= 0.6 is 0 Å². The molecule has 4 bridgehead atoms. The van der Waals surface area contributed by atoms with Crippen molar-refractivity contribution in [1.82, 2.24) is 9.78 Å². The van der Waals surface area contributed by atoms with Crippen LogP contribution in [0, 0.1) is 17.8 Å². The molecule has 1 heterocycles. The highest BCUT2D eigenvalue weighted by Crippen LogP contribution is 2.55. The zero-order chi connectivity index (χ0) is 21.7. The topological polar surface area (TPSA) is 101 Å². The van der Waals surface area contributed by atoms with Crippen molar-refractivity contribution in [1.29, 1.82) is 0 Å². The van der Waals surface area contributed by atoms with E-state index in [1.165, 1.54) is 12.8 Å². The molecule has 0 aliphatic heterocycles. The van der Waals surface area contributed by atoms with Gasteiger partial charge in [-0.3, -0.25) is 4.68 Å². The molecule has 9 heteroatoms. The van der Waals surface area contributed by atoms with Crippen molar-refractivity contribution in [2.24, 2.45) is 23.5 Å². The number of carbonyl (C=O) groups is 1. The van der Waals surface area contributed by atoms with E-state index >= 15 is 0 Å². The van der Waals surface area contributed by atoms with Crippen molar-refractivity contribution in [3.63, 3.8) is 0 Å². The predicted octanol–water partition coefficient (Wildman–Crippen LogP) is 3.99. The fourth-order valence-electron chi connectivity index (χ4n) is 6.42. The number of alkyl halides is 3. The molecule has 0 aromatic carbocycles. The zero-order valence-electron chi connectivity index (χ0n) is 16.9. The summed E-state index contributed by atoms with van der Waals surface area (Å²) in [5, 5.41) is 22.6. The van der Waals surface area contributed by atoms with E-state index in [-0.39, 0.29) is 11.6 Å². The van der Waals surface area contributed by atoms with Gasteiger partial charge in [0, 0.05) is 6.04 Å². The van der Waals surface area contributed by atoms with Gasteiger partial charge in [0.1, 0.15) is 5.56 Å². The van der Waals surface area contributed by atoms with E-state index in [9.17, 15) is 23.1 Å². The van der Waals surface area contributed by atoms with Crippen molar-refractivity contribution < 1.29 is 28.2 Å². The lowest BCUT2D eigenvalue weighted by Crippen LogP contribution is -2.59. The number of hydrogen-bond donors (Lipinski definition) is 3. The fraction of sp³-hybridized carbons (Fsp3) is 0.810. The third kappa shape index (κ3) is 4.10.